The minimum absolute atomic E-state index is 0.0215. The van der Waals surface area contributed by atoms with Crippen LogP contribution in [0.2, 0.25) is 0 Å². The van der Waals surface area contributed by atoms with Gasteiger partial charge >= 0.3 is 6.03 Å². The first-order chi connectivity index (χ1) is 12.2. The van der Waals surface area contributed by atoms with Gasteiger partial charge in [-0.25, -0.2) is 4.79 Å². The van der Waals surface area contributed by atoms with E-state index in [4.69, 9.17) is 4.74 Å². The Kier molecular flexibility index (Phi) is 5.91. The van der Waals surface area contributed by atoms with Crippen molar-refractivity contribution in [2.24, 2.45) is 0 Å². The minimum atomic E-state index is -0.0754. The number of carbonyl (C=O) groups is 2. The van der Waals surface area contributed by atoms with Gasteiger partial charge in [0.15, 0.2) is 0 Å². The molecule has 2 aliphatic rings. The average Bonchev–Trinajstić information content (AvgIpc) is 3.29. The fourth-order valence-electron chi connectivity index (χ4n) is 2.95. The molecule has 1 heterocycles. The molecule has 1 unspecified atom stereocenters. The number of hydrogen-bond donors (Lipinski definition) is 2. The van der Waals surface area contributed by atoms with E-state index in [9.17, 15) is 9.59 Å². The van der Waals surface area contributed by atoms with E-state index in [0.717, 1.165) is 37.9 Å². The summed E-state index contributed by atoms with van der Waals surface area (Å²) >= 11 is 0. The number of carbonyl (C=O) groups excluding carboxylic acids is 2. The zero-order valence-corrected chi connectivity index (χ0v) is 14.8. The molecule has 2 N–H and O–H groups in total. The summed E-state index contributed by atoms with van der Waals surface area (Å²) in [5.74, 6) is -0.0215. The summed E-state index contributed by atoms with van der Waals surface area (Å²) in [5.41, 5.74) is 1.64. The highest BCUT2D eigenvalue weighted by Crippen LogP contribution is 2.19. The number of rotatable bonds is 7. The standard InChI is InChI=1S/C19H27N3O3/c1-2-22(13-17-4-3-11-25-17)19(24)20-12-14-5-7-15(8-6-14)18(23)21-16-9-10-16/h5-8,16-17H,2-4,9-13H2,1H3,(H,20,24)(H,21,23). The molecule has 0 radical (unpaired) electrons. The third-order valence-electron chi connectivity index (χ3n) is 4.69. The molecule has 136 valence electrons. The Morgan fingerprint density at radius 1 is 1.20 bits per heavy atom. The van der Waals surface area contributed by atoms with Crippen LogP contribution in [0.15, 0.2) is 24.3 Å². The van der Waals surface area contributed by atoms with Crippen molar-refractivity contribution < 1.29 is 14.3 Å². The molecule has 1 atom stereocenters. The second-order valence-electron chi connectivity index (χ2n) is 6.78. The number of urea groups is 1. The molecular weight excluding hydrogens is 318 g/mol. The van der Waals surface area contributed by atoms with E-state index < -0.39 is 0 Å². The van der Waals surface area contributed by atoms with E-state index in [1.807, 2.05) is 31.2 Å². The molecule has 1 aliphatic carbocycles. The van der Waals surface area contributed by atoms with E-state index in [1.54, 1.807) is 4.90 Å². The zero-order valence-electron chi connectivity index (χ0n) is 14.8. The second-order valence-corrected chi connectivity index (χ2v) is 6.78. The highest BCUT2D eigenvalue weighted by atomic mass is 16.5. The van der Waals surface area contributed by atoms with Crippen molar-refractivity contribution in [1.29, 1.82) is 0 Å². The van der Waals surface area contributed by atoms with Gasteiger partial charge in [-0.1, -0.05) is 12.1 Å². The zero-order chi connectivity index (χ0) is 17.6. The van der Waals surface area contributed by atoms with E-state index >= 15 is 0 Å². The lowest BCUT2D eigenvalue weighted by Gasteiger charge is -2.24. The van der Waals surface area contributed by atoms with Crippen LogP contribution in [0.3, 0.4) is 0 Å². The predicted molar refractivity (Wildman–Crippen MR) is 95.4 cm³/mol. The van der Waals surface area contributed by atoms with Crippen molar-refractivity contribution in [2.45, 2.75) is 51.3 Å². The number of nitrogens with zero attached hydrogens (tertiary/aromatic N) is 1. The van der Waals surface area contributed by atoms with E-state index in [2.05, 4.69) is 10.6 Å². The Morgan fingerprint density at radius 3 is 2.56 bits per heavy atom. The van der Waals surface area contributed by atoms with Gasteiger partial charge in [-0.3, -0.25) is 4.79 Å². The number of hydrogen-bond acceptors (Lipinski definition) is 3. The van der Waals surface area contributed by atoms with Gasteiger partial charge in [-0.15, -0.1) is 0 Å². The molecule has 1 aromatic rings. The summed E-state index contributed by atoms with van der Waals surface area (Å²) < 4.78 is 5.61. The summed E-state index contributed by atoms with van der Waals surface area (Å²) in [4.78, 5) is 26.1. The predicted octanol–water partition coefficient (Wildman–Crippen LogP) is 2.29. The first kappa shape index (κ1) is 17.7. The Labute approximate surface area is 148 Å². The normalized spacial score (nSPS) is 19.5. The summed E-state index contributed by atoms with van der Waals surface area (Å²) in [5, 5.41) is 5.92. The molecule has 1 aliphatic heterocycles. The largest absolute Gasteiger partial charge is 0.376 e. The van der Waals surface area contributed by atoms with Gasteiger partial charge in [0.25, 0.3) is 5.91 Å². The molecule has 1 saturated carbocycles. The number of ether oxygens (including phenoxy) is 1. The average molecular weight is 345 g/mol. The van der Waals surface area contributed by atoms with Gasteiger partial charge in [-0.05, 0) is 50.3 Å². The van der Waals surface area contributed by atoms with Crippen molar-refractivity contribution in [2.75, 3.05) is 19.7 Å². The molecule has 1 saturated heterocycles. The van der Waals surface area contributed by atoms with Crippen LogP contribution >= 0.6 is 0 Å². The molecule has 0 bridgehead atoms. The fraction of sp³-hybridized carbons (Fsp3) is 0.579. The molecule has 3 rings (SSSR count). The molecule has 0 aromatic heterocycles. The molecule has 6 heteroatoms. The van der Waals surface area contributed by atoms with Crippen molar-refractivity contribution in [3.05, 3.63) is 35.4 Å². The summed E-state index contributed by atoms with van der Waals surface area (Å²) in [6.45, 7) is 4.52. The van der Waals surface area contributed by atoms with Gasteiger partial charge < -0.3 is 20.3 Å². The SMILES string of the molecule is CCN(CC1CCCO1)C(=O)NCc1ccc(C(=O)NC2CC2)cc1. The fourth-order valence-corrected chi connectivity index (χ4v) is 2.95. The van der Waals surface area contributed by atoms with Gasteiger partial charge in [0.05, 0.1) is 6.10 Å². The van der Waals surface area contributed by atoms with Crippen LogP contribution in [-0.2, 0) is 11.3 Å². The third-order valence-corrected chi connectivity index (χ3v) is 4.69. The first-order valence-corrected chi connectivity index (χ1v) is 9.20. The summed E-state index contributed by atoms with van der Waals surface area (Å²) in [6.07, 6.45) is 4.42. The van der Waals surface area contributed by atoms with Crippen LogP contribution in [0.4, 0.5) is 4.79 Å². The number of nitrogens with one attached hydrogen (secondary N) is 2. The molecule has 2 fully saturated rings. The number of amides is 3. The van der Waals surface area contributed by atoms with Crippen LogP contribution < -0.4 is 10.6 Å². The highest BCUT2D eigenvalue weighted by molar-refractivity contribution is 5.94. The summed E-state index contributed by atoms with van der Waals surface area (Å²) in [7, 11) is 0. The maximum atomic E-state index is 12.3. The molecule has 6 nitrogen and oxygen atoms in total. The van der Waals surface area contributed by atoms with Crippen LogP contribution in [-0.4, -0.2) is 48.7 Å². The van der Waals surface area contributed by atoms with E-state index in [0.29, 0.717) is 31.2 Å². The topological polar surface area (TPSA) is 70.7 Å². The Bertz CT molecular complexity index is 592. The lowest BCUT2D eigenvalue weighted by atomic mass is 10.1. The number of benzene rings is 1. The molecule has 3 amide bonds. The lowest BCUT2D eigenvalue weighted by molar-refractivity contribution is 0.0826. The number of likely N-dealkylation sites (N-methyl/N-ethyl adjacent to an activating group) is 1. The maximum Gasteiger partial charge on any atom is 0.317 e. The third kappa shape index (κ3) is 5.19. The highest BCUT2D eigenvalue weighted by Gasteiger charge is 2.24. The van der Waals surface area contributed by atoms with Crippen LogP contribution in [0, 0.1) is 0 Å². The van der Waals surface area contributed by atoms with Gasteiger partial charge in [0.1, 0.15) is 0 Å². The Hall–Kier alpha value is -2.08. The van der Waals surface area contributed by atoms with E-state index in [1.165, 1.54) is 0 Å². The van der Waals surface area contributed by atoms with Gasteiger partial charge in [0.2, 0.25) is 0 Å². The monoisotopic (exact) mass is 345 g/mol. The second kappa shape index (κ2) is 8.34. The molecule has 25 heavy (non-hydrogen) atoms. The van der Waals surface area contributed by atoms with Gasteiger partial charge in [0, 0.05) is 37.8 Å². The van der Waals surface area contributed by atoms with Crippen molar-refractivity contribution in [3.8, 4) is 0 Å². The molecular formula is C19H27N3O3. The lowest BCUT2D eigenvalue weighted by Crippen LogP contribution is -2.43. The van der Waals surface area contributed by atoms with Gasteiger partial charge in [-0.2, -0.15) is 0 Å². The van der Waals surface area contributed by atoms with Crippen molar-refractivity contribution in [3.63, 3.8) is 0 Å². The van der Waals surface area contributed by atoms with Crippen molar-refractivity contribution >= 4 is 11.9 Å². The molecule has 1 aromatic carbocycles. The Balaban J connectivity index is 1.46. The Morgan fingerprint density at radius 2 is 1.96 bits per heavy atom. The summed E-state index contributed by atoms with van der Waals surface area (Å²) in [6, 6.07) is 7.67. The van der Waals surface area contributed by atoms with Crippen LogP contribution in [0.25, 0.3) is 0 Å². The smallest absolute Gasteiger partial charge is 0.317 e. The minimum Gasteiger partial charge on any atom is -0.376 e. The van der Waals surface area contributed by atoms with Crippen LogP contribution in [0.5, 0.6) is 0 Å². The van der Waals surface area contributed by atoms with Crippen LogP contribution in [0.1, 0.15) is 48.5 Å². The first-order valence-electron chi connectivity index (χ1n) is 9.20. The quantitative estimate of drug-likeness (QED) is 0.796. The van der Waals surface area contributed by atoms with Crippen molar-refractivity contribution in [1.82, 2.24) is 15.5 Å². The van der Waals surface area contributed by atoms with E-state index in [-0.39, 0.29) is 18.0 Å². The maximum absolute atomic E-state index is 12.3. The molecule has 0 spiro atoms.